The first-order valence-corrected chi connectivity index (χ1v) is 11.9. The largest absolute Gasteiger partial charge is 0.352 e. The number of hydrogen-bond acceptors (Lipinski definition) is 3. The highest BCUT2D eigenvalue weighted by Gasteiger charge is 2.24. The smallest absolute Gasteiger partial charge is 0.251 e. The number of aromatic nitrogens is 1. The summed E-state index contributed by atoms with van der Waals surface area (Å²) in [5, 5.41) is 7.77. The maximum atomic E-state index is 13.0. The van der Waals surface area contributed by atoms with Gasteiger partial charge in [0.25, 0.3) is 5.91 Å². The summed E-state index contributed by atoms with van der Waals surface area (Å²) in [5.74, 6) is 0.224. The lowest BCUT2D eigenvalue weighted by molar-refractivity contribution is 0.0947. The third-order valence-electron chi connectivity index (χ3n) is 6.69. The Morgan fingerprint density at radius 2 is 1.74 bits per heavy atom. The van der Waals surface area contributed by atoms with Crippen LogP contribution in [0.3, 0.4) is 0 Å². The van der Waals surface area contributed by atoms with Crippen molar-refractivity contribution in [2.75, 3.05) is 6.54 Å². The number of hydrogen-bond donors (Lipinski definition) is 2. The van der Waals surface area contributed by atoms with Crippen molar-refractivity contribution in [2.24, 2.45) is 5.92 Å². The molecule has 5 heteroatoms. The molecule has 1 amide bonds. The van der Waals surface area contributed by atoms with Gasteiger partial charge in [-0.2, -0.15) is 0 Å². The van der Waals surface area contributed by atoms with Gasteiger partial charge in [-0.25, -0.2) is 4.39 Å². The fourth-order valence-electron chi connectivity index (χ4n) is 4.79. The number of carbonyl (C=O) groups excluding carboxylic acids is 1. The van der Waals surface area contributed by atoms with E-state index in [9.17, 15) is 9.18 Å². The predicted molar refractivity (Wildman–Crippen MR) is 134 cm³/mol. The highest BCUT2D eigenvalue weighted by Crippen LogP contribution is 2.28. The molecular weight excluding hydrogens is 425 g/mol. The van der Waals surface area contributed by atoms with E-state index in [0.717, 1.165) is 53.4 Å². The maximum absolute atomic E-state index is 13.0. The van der Waals surface area contributed by atoms with Gasteiger partial charge >= 0.3 is 0 Å². The Morgan fingerprint density at radius 3 is 2.56 bits per heavy atom. The molecule has 2 unspecified atom stereocenters. The molecule has 0 spiro atoms. The minimum atomic E-state index is -0.208. The van der Waals surface area contributed by atoms with Gasteiger partial charge in [0.05, 0.1) is 5.52 Å². The number of nitrogens with zero attached hydrogens (tertiary/aromatic N) is 1. The van der Waals surface area contributed by atoms with Crippen LogP contribution in [0.2, 0.25) is 0 Å². The Morgan fingerprint density at radius 1 is 0.941 bits per heavy atom. The van der Waals surface area contributed by atoms with Crippen LogP contribution in [0.15, 0.2) is 85.1 Å². The number of amides is 1. The molecule has 1 saturated carbocycles. The molecule has 2 N–H and O–H groups in total. The number of benzene rings is 3. The molecule has 0 saturated heterocycles. The van der Waals surface area contributed by atoms with Gasteiger partial charge in [0.15, 0.2) is 0 Å². The first kappa shape index (κ1) is 22.2. The molecule has 5 rings (SSSR count). The van der Waals surface area contributed by atoms with Gasteiger partial charge in [-0.15, -0.1) is 0 Å². The number of fused-ring (bicyclic) bond motifs is 1. The Bertz CT molecular complexity index is 1270. The quantitative estimate of drug-likeness (QED) is 0.376. The number of carbonyl (C=O) groups is 1. The second kappa shape index (κ2) is 10.1. The van der Waals surface area contributed by atoms with Crippen LogP contribution < -0.4 is 10.6 Å². The van der Waals surface area contributed by atoms with Gasteiger partial charge in [-0.1, -0.05) is 48.5 Å². The van der Waals surface area contributed by atoms with E-state index in [2.05, 4.69) is 33.8 Å². The highest BCUT2D eigenvalue weighted by atomic mass is 19.1. The van der Waals surface area contributed by atoms with Crippen molar-refractivity contribution in [3.05, 3.63) is 102 Å². The lowest BCUT2D eigenvalue weighted by atomic mass is 10.0. The molecule has 172 valence electrons. The molecule has 1 heterocycles. The standard InChI is InChI=1S/C29H28FN3O/c30-25-13-6-20(7-14-25)18-32-26-15-8-21(17-26)19-33-29(34)24-11-9-22(10-12-24)27-5-1-3-23-4-2-16-31-28(23)27/h1-7,9-14,16,21,26,32H,8,15,17-19H2,(H,33,34). The van der Waals surface area contributed by atoms with Crippen molar-refractivity contribution in [3.63, 3.8) is 0 Å². The molecule has 1 aliphatic rings. The first-order valence-electron chi connectivity index (χ1n) is 11.9. The fourth-order valence-corrected chi connectivity index (χ4v) is 4.79. The van der Waals surface area contributed by atoms with Crippen molar-refractivity contribution in [3.8, 4) is 11.1 Å². The van der Waals surface area contributed by atoms with E-state index in [-0.39, 0.29) is 11.7 Å². The summed E-state index contributed by atoms with van der Waals surface area (Å²) in [4.78, 5) is 17.2. The van der Waals surface area contributed by atoms with E-state index in [1.54, 1.807) is 6.20 Å². The van der Waals surface area contributed by atoms with Crippen LogP contribution in [-0.2, 0) is 6.54 Å². The molecule has 2 atom stereocenters. The van der Waals surface area contributed by atoms with E-state index in [1.807, 2.05) is 48.5 Å². The van der Waals surface area contributed by atoms with E-state index < -0.39 is 0 Å². The van der Waals surface area contributed by atoms with E-state index in [4.69, 9.17) is 0 Å². The number of pyridine rings is 1. The molecule has 34 heavy (non-hydrogen) atoms. The summed E-state index contributed by atoms with van der Waals surface area (Å²) in [6.45, 7) is 1.42. The topological polar surface area (TPSA) is 54.0 Å². The lowest BCUT2D eigenvalue weighted by Gasteiger charge is -2.14. The Labute approximate surface area is 199 Å². The molecule has 0 bridgehead atoms. The average molecular weight is 454 g/mol. The highest BCUT2D eigenvalue weighted by molar-refractivity contribution is 5.96. The first-order chi connectivity index (χ1) is 16.7. The molecular formula is C29H28FN3O. The van der Waals surface area contributed by atoms with Crippen molar-refractivity contribution < 1.29 is 9.18 Å². The van der Waals surface area contributed by atoms with Gasteiger partial charge in [-0.05, 0) is 66.6 Å². The Hall–Kier alpha value is -3.57. The number of para-hydroxylation sites is 1. The molecule has 1 aromatic heterocycles. The monoisotopic (exact) mass is 453 g/mol. The van der Waals surface area contributed by atoms with Gasteiger partial charge in [0.2, 0.25) is 0 Å². The van der Waals surface area contributed by atoms with Gasteiger partial charge in [-0.3, -0.25) is 9.78 Å². The predicted octanol–water partition coefficient (Wildman–Crippen LogP) is 5.73. The van der Waals surface area contributed by atoms with E-state index >= 15 is 0 Å². The minimum absolute atomic E-state index is 0.0367. The summed E-state index contributed by atoms with van der Waals surface area (Å²) in [5.41, 5.74) is 4.83. The third kappa shape index (κ3) is 5.15. The number of rotatable bonds is 7. The second-order valence-corrected chi connectivity index (χ2v) is 9.05. The van der Waals surface area contributed by atoms with E-state index in [0.29, 0.717) is 24.1 Å². The van der Waals surface area contributed by atoms with E-state index in [1.165, 1.54) is 12.1 Å². The molecule has 0 radical (unpaired) electrons. The van der Waals surface area contributed by atoms with Crippen LogP contribution in [0.4, 0.5) is 4.39 Å². The van der Waals surface area contributed by atoms with Crippen LogP contribution >= 0.6 is 0 Å². The minimum Gasteiger partial charge on any atom is -0.352 e. The summed E-state index contributed by atoms with van der Waals surface area (Å²) >= 11 is 0. The van der Waals surface area contributed by atoms with Crippen molar-refractivity contribution in [2.45, 2.75) is 31.8 Å². The summed E-state index contributed by atoms with van der Waals surface area (Å²) in [7, 11) is 0. The van der Waals surface area contributed by atoms with Crippen LogP contribution in [0.1, 0.15) is 35.2 Å². The average Bonchev–Trinajstić information content (AvgIpc) is 3.34. The van der Waals surface area contributed by atoms with Gasteiger partial charge in [0, 0.05) is 41.8 Å². The number of nitrogens with one attached hydrogen (secondary N) is 2. The zero-order valence-corrected chi connectivity index (χ0v) is 19.0. The third-order valence-corrected chi connectivity index (χ3v) is 6.69. The van der Waals surface area contributed by atoms with Crippen LogP contribution in [0.5, 0.6) is 0 Å². The Kier molecular flexibility index (Phi) is 6.63. The molecule has 1 aliphatic carbocycles. The normalized spacial score (nSPS) is 17.7. The molecule has 4 aromatic rings. The van der Waals surface area contributed by atoms with Crippen molar-refractivity contribution >= 4 is 16.8 Å². The zero-order valence-electron chi connectivity index (χ0n) is 19.0. The van der Waals surface area contributed by atoms with Gasteiger partial charge in [0.1, 0.15) is 5.82 Å². The van der Waals surface area contributed by atoms with Crippen molar-refractivity contribution in [1.29, 1.82) is 0 Å². The van der Waals surface area contributed by atoms with Gasteiger partial charge < -0.3 is 10.6 Å². The molecule has 1 fully saturated rings. The summed E-state index contributed by atoms with van der Waals surface area (Å²) in [6, 6.07) is 24.9. The Balaban J connectivity index is 1.13. The molecule has 3 aromatic carbocycles. The van der Waals surface area contributed by atoms with Crippen LogP contribution in [-0.4, -0.2) is 23.5 Å². The summed E-state index contributed by atoms with van der Waals surface area (Å²) < 4.78 is 13.0. The number of halogens is 1. The van der Waals surface area contributed by atoms with Crippen LogP contribution in [0, 0.1) is 11.7 Å². The molecule has 4 nitrogen and oxygen atoms in total. The second-order valence-electron chi connectivity index (χ2n) is 9.05. The van der Waals surface area contributed by atoms with Crippen LogP contribution in [0.25, 0.3) is 22.0 Å². The van der Waals surface area contributed by atoms with Crippen molar-refractivity contribution in [1.82, 2.24) is 15.6 Å². The maximum Gasteiger partial charge on any atom is 0.251 e. The SMILES string of the molecule is O=C(NCC1CCC(NCc2ccc(F)cc2)C1)c1ccc(-c2cccc3cccnc23)cc1. The molecule has 0 aliphatic heterocycles. The lowest BCUT2D eigenvalue weighted by Crippen LogP contribution is -2.30. The summed E-state index contributed by atoms with van der Waals surface area (Å²) in [6.07, 6.45) is 5.03. The zero-order chi connectivity index (χ0) is 23.3. The fraction of sp³-hybridized carbons (Fsp3) is 0.241.